The second kappa shape index (κ2) is 7.17. The van der Waals surface area contributed by atoms with Gasteiger partial charge in [-0.15, -0.1) is 0 Å². The van der Waals surface area contributed by atoms with E-state index in [1.54, 1.807) is 6.07 Å². The quantitative estimate of drug-likeness (QED) is 0.832. The first-order valence-corrected chi connectivity index (χ1v) is 6.20. The molecule has 0 aliphatic heterocycles. The van der Waals surface area contributed by atoms with Gasteiger partial charge < -0.3 is 10.4 Å². The van der Waals surface area contributed by atoms with Gasteiger partial charge in [-0.1, -0.05) is 13.8 Å². The molecule has 0 bridgehead atoms. The van der Waals surface area contributed by atoms with Gasteiger partial charge in [-0.2, -0.15) is 5.26 Å². The molecule has 0 aromatic heterocycles. The van der Waals surface area contributed by atoms with Gasteiger partial charge in [0.05, 0.1) is 18.2 Å². The number of nitrogens with zero attached hydrogens (tertiary/aromatic N) is 1. The molecular formula is C14H18F2N2O. The van der Waals surface area contributed by atoms with Crippen LogP contribution >= 0.6 is 0 Å². The highest BCUT2D eigenvalue weighted by Crippen LogP contribution is 2.15. The predicted octanol–water partition coefficient (Wildman–Crippen LogP) is 2.33. The Morgan fingerprint density at radius 3 is 2.32 bits per heavy atom. The average Bonchev–Trinajstić information content (AvgIpc) is 2.35. The third-order valence-electron chi connectivity index (χ3n) is 2.81. The molecule has 1 aromatic rings. The first-order valence-electron chi connectivity index (χ1n) is 6.20. The predicted molar refractivity (Wildman–Crippen MR) is 68.2 cm³/mol. The maximum atomic E-state index is 13.6. The third kappa shape index (κ3) is 4.58. The molecule has 1 unspecified atom stereocenters. The molecule has 1 aromatic carbocycles. The molecule has 0 fully saturated rings. The first-order chi connectivity index (χ1) is 8.97. The van der Waals surface area contributed by atoms with Crippen molar-refractivity contribution in [2.75, 3.05) is 6.61 Å². The zero-order valence-corrected chi connectivity index (χ0v) is 11.1. The monoisotopic (exact) mass is 268 g/mol. The number of nitrogens with one attached hydrogen (secondary N) is 1. The summed E-state index contributed by atoms with van der Waals surface area (Å²) in [5.41, 5.74) is -0.152. The molecule has 2 N–H and O–H groups in total. The molecule has 104 valence electrons. The van der Waals surface area contributed by atoms with Crippen molar-refractivity contribution in [3.05, 3.63) is 34.9 Å². The average molecular weight is 268 g/mol. The van der Waals surface area contributed by atoms with Crippen LogP contribution in [0, 0.1) is 28.9 Å². The lowest BCUT2D eigenvalue weighted by molar-refractivity contribution is 0.222. The van der Waals surface area contributed by atoms with Crippen LogP contribution in [0.25, 0.3) is 0 Å². The molecule has 1 rings (SSSR count). The van der Waals surface area contributed by atoms with Gasteiger partial charge >= 0.3 is 0 Å². The van der Waals surface area contributed by atoms with Crippen molar-refractivity contribution >= 4 is 0 Å². The molecule has 3 nitrogen and oxygen atoms in total. The van der Waals surface area contributed by atoms with Gasteiger partial charge in [0.1, 0.15) is 11.6 Å². The van der Waals surface area contributed by atoms with Crippen molar-refractivity contribution in [1.82, 2.24) is 5.32 Å². The highest BCUT2D eigenvalue weighted by atomic mass is 19.1. The lowest BCUT2D eigenvalue weighted by Gasteiger charge is -2.18. The number of aliphatic hydroxyl groups is 1. The molecule has 5 heteroatoms. The molecular weight excluding hydrogens is 250 g/mol. The normalized spacial score (nSPS) is 12.5. The van der Waals surface area contributed by atoms with Crippen molar-refractivity contribution in [2.45, 2.75) is 32.9 Å². The van der Waals surface area contributed by atoms with Crippen LogP contribution < -0.4 is 5.32 Å². The lowest BCUT2D eigenvalue weighted by Crippen LogP contribution is -2.33. The molecule has 0 aliphatic carbocycles. The number of benzene rings is 1. The van der Waals surface area contributed by atoms with E-state index in [-0.39, 0.29) is 30.3 Å². The Kier molecular flexibility index (Phi) is 5.87. The summed E-state index contributed by atoms with van der Waals surface area (Å²) < 4.78 is 27.2. The minimum absolute atomic E-state index is 0.0126. The SMILES string of the molecule is CC(C)CC(CO)NCc1c(F)cc(C#N)cc1F. The summed E-state index contributed by atoms with van der Waals surface area (Å²) >= 11 is 0. The van der Waals surface area contributed by atoms with Crippen LogP contribution in [-0.4, -0.2) is 17.8 Å². The van der Waals surface area contributed by atoms with Crippen molar-refractivity contribution in [3.63, 3.8) is 0 Å². The van der Waals surface area contributed by atoms with E-state index in [4.69, 9.17) is 5.26 Å². The van der Waals surface area contributed by atoms with Crippen molar-refractivity contribution in [1.29, 1.82) is 5.26 Å². The minimum Gasteiger partial charge on any atom is -0.395 e. The van der Waals surface area contributed by atoms with Crippen molar-refractivity contribution in [3.8, 4) is 6.07 Å². The number of halogens is 2. The van der Waals surface area contributed by atoms with Crippen LogP contribution in [0.15, 0.2) is 12.1 Å². The second-order valence-corrected chi connectivity index (χ2v) is 4.92. The van der Waals surface area contributed by atoms with Gasteiger partial charge in [-0.25, -0.2) is 8.78 Å². The summed E-state index contributed by atoms with van der Waals surface area (Å²) in [4.78, 5) is 0. The van der Waals surface area contributed by atoms with E-state index in [0.29, 0.717) is 5.92 Å². The number of hydrogen-bond donors (Lipinski definition) is 2. The summed E-state index contributed by atoms with van der Waals surface area (Å²) in [5, 5.41) is 20.7. The lowest BCUT2D eigenvalue weighted by atomic mass is 10.0. The summed E-state index contributed by atoms with van der Waals surface area (Å²) in [6, 6.07) is 3.52. The summed E-state index contributed by atoms with van der Waals surface area (Å²) in [7, 11) is 0. The molecule has 0 radical (unpaired) electrons. The van der Waals surface area contributed by atoms with Crippen LogP contribution in [-0.2, 0) is 6.54 Å². The molecule has 0 heterocycles. The van der Waals surface area contributed by atoms with Crippen LogP contribution in [0.3, 0.4) is 0 Å². The van der Waals surface area contributed by atoms with Crippen LogP contribution in [0.5, 0.6) is 0 Å². The highest BCUT2D eigenvalue weighted by Gasteiger charge is 2.14. The van der Waals surface area contributed by atoms with Gasteiger partial charge in [0.2, 0.25) is 0 Å². The van der Waals surface area contributed by atoms with Gasteiger partial charge in [0.15, 0.2) is 0 Å². The standard InChI is InChI=1S/C14H18F2N2O/c1-9(2)3-11(8-19)18-7-12-13(15)4-10(6-17)5-14(12)16/h4-5,9,11,18-19H,3,7-8H2,1-2H3. The molecule has 0 amide bonds. The zero-order chi connectivity index (χ0) is 14.4. The molecule has 19 heavy (non-hydrogen) atoms. The van der Waals surface area contributed by atoms with Gasteiger partial charge in [-0.3, -0.25) is 0 Å². The van der Waals surface area contributed by atoms with E-state index in [0.717, 1.165) is 18.6 Å². The molecule has 0 saturated carbocycles. The summed E-state index contributed by atoms with van der Waals surface area (Å²) in [6.45, 7) is 3.92. The number of hydrogen-bond acceptors (Lipinski definition) is 3. The van der Waals surface area contributed by atoms with E-state index < -0.39 is 11.6 Å². The van der Waals surface area contributed by atoms with Gasteiger partial charge in [0, 0.05) is 18.2 Å². The van der Waals surface area contributed by atoms with Gasteiger partial charge in [-0.05, 0) is 24.5 Å². The topological polar surface area (TPSA) is 56.0 Å². The van der Waals surface area contributed by atoms with Gasteiger partial charge in [0.25, 0.3) is 0 Å². The maximum absolute atomic E-state index is 13.6. The largest absolute Gasteiger partial charge is 0.395 e. The molecule has 0 saturated heterocycles. The Labute approximate surface area is 111 Å². The van der Waals surface area contributed by atoms with E-state index in [9.17, 15) is 13.9 Å². The smallest absolute Gasteiger partial charge is 0.131 e. The molecule has 0 spiro atoms. The maximum Gasteiger partial charge on any atom is 0.131 e. The highest BCUT2D eigenvalue weighted by molar-refractivity contribution is 5.34. The van der Waals surface area contributed by atoms with E-state index >= 15 is 0 Å². The Morgan fingerprint density at radius 1 is 1.32 bits per heavy atom. The fraction of sp³-hybridized carbons (Fsp3) is 0.500. The number of nitriles is 1. The summed E-state index contributed by atoms with van der Waals surface area (Å²) in [6.07, 6.45) is 0.718. The van der Waals surface area contributed by atoms with Crippen LogP contribution in [0.1, 0.15) is 31.4 Å². The Hall–Kier alpha value is -1.51. The fourth-order valence-electron chi connectivity index (χ4n) is 1.87. The summed E-state index contributed by atoms with van der Waals surface area (Å²) in [5.74, 6) is -1.11. The van der Waals surface area contributed by atoms with Crippen molar-refractivity contribution in [2.24, 2.45) is 5.92 Å². The van der Waals surface area contributed by atoms with E-state index in [1.165, 1.54) is 0 Å². The molecule has 1 atom stereocenters. The first kappa shape index (κ1) is 15.5. The number of rotatable bonds is 6. The zero-order valence-electron chi connectivity index (χ0n) is 11.1. The van der Waals surface area contributed by atoms with Crippen LogP contribution in [0.2, 0.25) is 0 Å². The Balaban J connectivity index is 2.75. The van der Waals surface area contributed by atoms with E-state index in [2.05, 4.69) is 5.32 Å². The Morgan fingerprint density at radius 2 is 1.89 bits per heavy atom. The third-order valence-corrected chi connectivity index (χ3v) is 2.81. The Bertz CT molecular complexity index is 446. The fourth-order valence-corrected chi connectivity index (χ4v) is 1.87. The second-order valence-electron chi connectivity index (χ2n) is 4.92. The van der Waals surface area contributed by atoms with Crippen LogP contribution in [0.4, 0.5) is 8.78 Å². The minimum atomic E-state index is -0.745. The van der Waals surface area contributed by atoms with E-state index in [1.807, 2.05) is 13.8 Å². The number of aliphatic hydroxyl groups excluding tert-OH is 1. The molecule has 0 aliphatic rings. The van der Waals surface area contributed by atoms with Crippen molar-refractivity contribution < 1.29 is 13.9 Å².